The average Bonchev–Trinajstić information content (AvgIpc) is 3.49. The van der Waals surface area contributed by atoms with E-state index in [4.69, 9.17) is 4.74 Å². The number of nitrogens with one attached hydrogen (secondary N) is 3. The molecular formula is C26H32N6O2S. The number of nitrogens with zero attached hydrogens (tertiary/aromatic N) is 3. The molecule has 3 heterocycles. The minimum Gasteiger partial charge on any atom is -0.494 e. The molecule has 0 bridgehead atoms. The summed E-state index contributed by atoms with van der Waals surface area (Å²) in [7, 11) is 0. The molecule has 5 rings (SSSR count). The van der Waals surface area contributed by atoms with E-state index in [0.29, 0.717) is 5.75 Å². The van der Waals surface area contributed by atoms with Crippen molar-refractivity contribution in [1.82, 2.24) is 20.8 Å². The Kier molecular flexibility index (Phi) is 7.15. The summed E-state index contributed by atoms with van der Waals surface area (Å²) in [6.07, 6.45) is 7.24. The van der Waals surface area contributed by atoms with Crippen LogP contribution in [0.4, 0.5) is 5.69 Å². The Morgan fingerprint density at radius 3 is 2.74 bits per heavy atom. The average molecular weight is 493 g/mol. The third-order valence-electron chi connectivity index (χ3n) is 6.42. The van der Waals surface area contributed by atoms with Crippen molar-refractivity contribution in [2.24, 2.45) is 5.10 Å². The molecule has 2 aromatic rings. The third kappa shape index (κ3) is 5.41. The number of benzene rings is 2. The number of amidine groups is 1. The third-order valence-corrected chi connectivity index (χ3v) is 7.39. The van der Waals surface area contributed by atoms with Crippen molar-refractivity contribution < 1.29 is 9.53 Å². The predicted octanol–water partition coefficient (Wildman–Crippen LogP) is 4.15. The molecule has 1 saturated heterocycles. The molecule has 8 nitrogen and oxygen atoms in total. The molecule has 3 N–H and O–H groups in total. The van der Waals surface area contributed by atoms with E-state index < -0.39 is 0 Å². The standard InChI is InChI=1S/C26H32N6O2S/c1-3-4-15-34-21-11-7-19(8-12-21)22-16-23-25-28-29-26(31(25)13-14-32(23)30-22)35-17-24(33)27-20-9-5-18(2)6-10-20/h5-14,22-23,25,28,30H,3-4,15-17H2,1-2H3,(H,27,33). The van der Waals surface area contributed by atoms with E-state index in [-0.39, 0.29) is 24.2 Å². The van der Waals surface area contributed by atoms with Gasteiger partial charge in [-0.2, -0.15) is 5.10 Å². The number of amides is 1. The molecule has 2 aromatic carbocycles. The van der Waals surface area contributed by atoms with Crippen LogP contribution >= 0.6 is 11.8 Å². The minimum absolute atomic E-state index is 0.0248. The summed E-state index contributed by atoms with van der Waals surface area (Å²) in [6, 6.07) is 16.6. The summed E-state index contributed by atoms with van der Waals surface area (Å²) in [5.41, 5.74) is 10.1. The monoisotopic (exact) mass is 492 g/mol. The molecule has 3 aliphatic rings. The lowest BCUT2D eigenvalue weighted by Crippen LogP contribution is -2.54. The quantitative estimate of drug-likeness (QED) is 0.478. The molecule has 184 valence electrons. The van der Waals surface area contributed by atoms with E-state index >= 15 is 0 Å². The Morgan fingerprint density at radius 2 is 1.97 bits per heavy atom. The SMILES string of the molecule is CCCCOc1ccc(C2CC3C4NN=C(SCC(=O)Nc5ccc(C)cc5)N4C=CN3N2)cc1. The highest BCUT2D eigenvalue weighted by Gasteiger charge is 2.44. The number of ether oxygens (including phenoxy) is 1. The number of carbonyl (C=O) groups excluding carboxylic acids is 1. The number of fused-ring (bicyclic) bond motifs is 3. The zero-order valence-corrected chi connectivity index (χ0v) is 20.9. The molecule has 3 aliphatic heterocycles. The molecule has 1 amide bonds. The van der Waals surface area contributed by atoms with Gasteiger partial charge in [-0.1, -0.05) is 54.9 Å². The van der Waals surface area contributed by atoms with Crippen LogP contribution in [0.5, 0.6) is 5.75 Å². The Hall–Kier alpha value is -3.17. The van der Waals surface area contributed by atoms with Crippen LogP contribution in [-0.4, -0.2) is 45.6 Å². The minimum atomic E-state index is -0.0441. The van der Waals surface area contributed by atoms with Crippen molar-refractivity contribution >= 4 is 28.5 Å². The highest BCUT2D eigenvalue weighted by Crippen LogP contribution is 2.35. The molecule has 9 heteroatoms. The molecule has 0 aliphatic carbocycles. The van der Waals surface area contributed by atoms with Gasteiger partial charge in [0.2, 0.25) is 5.91 Å². The first-order valence-electron chi connectivity index (χ1n) is 12.2. The molecule has 3 unspecified atom stereocenters. The number of carbonyl (C=O) groups is 1. The first-order valence-corrected chi connectivity index (χ1v) is 13.2. The number of hydrazine groups is 1. The first kappa shape index (κ1) is 23.6. The van der Waals surface area contributed by atoms with Crippen LogP contribution in [0.3, 0.4) is 0 Å². The maximum Gasteiger partial charge on any atom is 0.234 e. The summed E-state index contributed by atoms with van der Waals surface area (Å²) < 4.78 is 5.80. The van der Waals surface area contributed by atoms with Crippen LogP contribution in [0.25, 0.3) is 0 Å². The van der Waals surface area contributed by atoms with E-state index in [9.17, 15) is 4.79 Å². The second kappa shape index (κ2) is 10.6. The molecule has 0 radical (unpaired) electrons. The summed E-state index contributed by atoms with van der Waals surface area (Å²) in [6.45, 7) is 4.95. The summed E-state index contributed by atoms with van der Waals surface area (Å²) in [5.74, 6) is 1.17. The number of rotatable bonds is 8. The summed E-state index contributed by atoms with van der Waals surface area (Å²) >= 11 is 1.44. The number of unbranched alkanes of at least 4 members (excludes halogenated alkanes) is 1. The van der Waals surface area contributed by atoms with Gasteiger partial charge in [0.05, 0.1) is 24.4 Å². The lowest BCUT2D eigenvalue weighted by molar-refractivity contribution is -0.113. The highest BCUT2D eigenvalue weighted by atomic mass is 32.2. The van der Waals surface area contributed by atoms with Crippen LogP contribution in [0, 0.1) is 6.92 Å². The molecule has 0 aromatic heterocycles. The lowest BCUT2D eigenvalue weighted by atomic mass is 10.00. The highest BCUT2D eigenvalue weighted by molar-refractivity contribution is 8.14. The van der Waals surface area contributed by atoms with Crippen molar-refractivity contribution in [2.45, 2.75) is 51.4 Å². The Bertz CT molecular complexity index is 1090. The van der Waals surface area contributed by atoms with Crippen molar-refractivity contribution in [1.29, 1.82) is 0 Å². The zero-order valence-electron chi connectivity index (χ0n) is 20.1. The van der Waals surface area contributed by atoms with Crippen LogP contribution < -0.4 is 20.9 Å². The second-order valence-corrected chi connectivity index (χ2v) is 9.98. The Labute approximate surface area is 210 Å². The molecule has 0 saturated carbocycles. The lowest BCUT2D eigenvalue weighted by Gasteiger charge is -2.36. The van der Waals surface area contributed by atoms with Gasteiger partial charge in [0.1, 0.15) is 11.9 Å². The van der Waals surface area contributed by atoms with E-state index in [0.717, 1.165) is 48.0 Å². The van der Waals surface area contributed by atoms with Crippen molar-refractivity contribution in [2.75, 3.05) is 17.7 Å². The zero-order chi connectivity index (χ0) is 24.2. The van der Waals surface area contributed by atoms with Gasteiger partial charge >= 0.3 is 0 Å². The van der Waals surface area contributed by atoms with Gasteiger partial charge in [-0.3, -0.25) is 10.2 Å². The van der Waals surface area contributed by atoms with Gasteiger partial charge in [-0.05, 0) is 49.6 Å². The van der Waals surface area contributed by atoms with Gasteiger partial charge < -0.3 is 20.0 Å². The van der Waals surface area contributed by atoms with Gasteiger partial charge in [0.25, 0.3) is 0 Å². The van der Waals surface area contributed by atoms with Crippen molar-refractivity contribution in [3.05, 3.63) is 72.1 Å². The number of hydrazone groups is 1. The number of hydrogen-bond acceptors (Lipinski definition) is 8. The van der Waals surface area contributed by atoms with Crippen LogP contribution in [0.15, 0.2) is 66.0 Å². The maximum atomic E-state index is 12.4. The van der Waals surface area contributed by atoms with Crippen molar-refractivity contribution in [3.63, 3.8) is 0 Å². The fourth-order valence-corrected chi connectivity index (χ4v) is 5.24. The van der Waals surface area contributed by atoms with E-state index in [1.54, 1.807) is 0 Å². The number of anilines is 1. The van der Waals surface area contributed by atoms with Gasteiger partial charge in [-0.25, -0.2) is 5.43 Å². The summed E-state index contributed by atoms with van der Waals surface area (Å²) in [5, 5.41) is 10.4. The fourth-order valence-electron chi connectivity index (χ4n) is 4.46. The van der Waals surface area contributed by atoms with Gasteiger partial charge in [-0.15, -0.1) is 0 Å². The smallest absolute Gasteiger partial charge is 0.234 e. The maximum absolute atomic E-state index is 12.4. The topological polar surface area (TPSA) is 81.2 Å². The predicted molar refractivity (Wildman–Crippen MR) is 141 cm³/mol. The van der Waals surface area contributed by atoms with E-state index in [1.165, 1.54) is 17.3 Å². The fraction of sp³-hybridized carbons (Fsp3) is 0.385. The van der Waals surface area contributed by atoms with Crippen LogP contribution in [-0.2, 0) is 4.79 Å². The van der Waals surface area contributed by atoms with Gasteiger partial charge in [0, 0.05) is 18.1 Å². The summed E-state index contributed by atoms with van der Waals surface area (Å²) in [4.78, 5) is 14.5. The molecule has 35 heavy (non-hydrogen) atoms. The molecule has 0 spiro atoms. The Balaban J connectivity index is 1.14. The van der Waals surface area contributed by atoms with Gasteiger partial charge in [0.15, 0.2) is 5.17 Å². The van der Waals surface area contributed by atoms with Crippen LogP contribution in [0.2, 0.25) is 0 Å². The molecule has 3 atom stereocenters. The van der Waals surface area contributed by atoms with Crippen LogP contribution in [0.1, 0.15) is 43.4 Å². The second-order valence-electron chi connectivity index (χ2n) is 9.04. The largest absolute Gasteiger partial charge is 0.494 e. The number of thioether (sulfide) groups is 1. The normalized spacial score (nSPS) is 22.3. The first-order chi connectivity index (χ1) is 17.1. The number of hydrogen-bond donors (Lipinski definition) is 3. The van der Waals surface area contributed by atoms with E-state index in [1.807, 2.05) is 37.4 Å². The number of aryl methyl sites for hydroxylation is 1. The Morgan fingerprint density at radius 1 is 1.17 bits per heavy atom. The van der Waals surface area contributed by atoms with E-state index in [2.05, 4.69) is 68.6 Å². The van der Waals surface area contributed by atoms with Crippen molar-refractivity contribution in [3.8, 4) is 5.75 Å². The molecule has 1 fully saturated rings. The molecular weight excluding hydrogens is 460 g/mol.